The number of carbonyl (C=O) groups excluding carboxylic acids is 3. The highest BCUT2D eigenvalue weighted by Gasteiger charge is 2.25. The number of carbonyl (C=O) groups is 3. The van der Waals surface area contributed by atoms with E-state index in [2.05, 4.69) is 16.0 Å². The molecule has 3 rings (SSSR count). The first-order valence-corrected chi connectivity index (χ1v) is 9.79. The summed E-state index contributed by atoms with van der Waals surface area (Å²) in [6, 6.07) is 15.6. The largest absolute Gasteiger partial charge is 0.326 e. The van der Waals surface area contributed by atoms with Gasteiger partial charge < -0.3 is 20.9 Å². The summed E-state index contributed by atoms with van der Waals surface area (Å²) in [6.07, 6.45) is 2.38. The maximum absolute atomic E-state index is 12.9. The molecule has 1 aliphatic heterocycles. The minimum atomic E-state index is -0.694. The summed E-state index contributed by atoms with van der Waals surface area (Å²) in [7, 11) is 0. The van der Waals surface area contributed by atoms with E-state index in [0.29, 0.717) is 17.8 Å². The predicted molar refractivity (Wildman–Crippen MR) is 113 cm³/mol. The summed E-state index contributed by atoms with van der Waals surface area (Å²) in [4.78, 5) is 38.3. The lowest BCUT2D eigenvalue weighted by Crippen LogP contribution is -2.49. The highest BCUT2D eigenvalue weighted by molar-refractivity contribution is 5.97. The van der Waals surface area contributed by atoms with E-state index in [1.165, 1.54) is 6.92 Å². The Morgan fingerprint density at radius 3 is 2.07 bits per heavy atom. The quantitative estimate of drug-likeness (QED) is 0.703. The molecule has 2 aromatic carbocycles. The number of likely N-dealkylation sites (tertiary alicyclic amines) is 1. The number of hydrogen-bond donors (Lipinski definition) is 3. The van der Waals surface area contributed by atoms with Crippen molar-refractivity contribution in [3.05, 3.63) is 60.2 Å². The second-order valence-corrected chi connectivity index (χ2v) is 7.13. The van der Waals surface area contributed by atoms with Crippen LogP contribution in [0.4, 0.5) is 16.2 Å². The van der Waals surface area contributed by atoms with Gasteiger partial charge in [0.15, 0.2) is 0 Å². The van der Waals surface area contributed by atoms with Crippen LogP contribution in [0.1, 0.15) is 25.3 Å². The van der Waals surface area contributed by atoms with Gasteiger partial charge in [0.25, 0.3) is 0 Å². The molecule has 1 atom stereocenters. The lowest BCUT2D eigenvalue weighted by Gasteiger charge is -2.23. The van der Waals surface area contributed by atoms with Gasteiger partial charge in [-0.05, 0) is 42.7 Å². The Hall–Kier alpha value is -3.35. The fraction of sp³-hybridized carbons (Fsp3) is 0.318. The standard InChI is InChI=1S/C22H26N4O3/c1-16(27)23-18-9-11-19(12-10-18)24-21(28)20(15-17-7-3-2-4-8-17)25-22(29)26-13-5-6-14-26/h2-4,7-12,20H,5-6,13-15H2,1H3,(H,23,27)(H,24,28)(H,25,29)/t20-/m1/s1. The molecule has 0 aliphatic carbocycles. The lowest BCUT2D eigenvalue weighted by atomic mass is 10.1. The van der Waals surface area contributed by atoms with Gasteiger partial charge in [0.2, 0.25) is 11.8 Å². The number of urea groups is 1. The molecule has 1 aliphatic rings. The summed E-state index contributed by atoms with van der Waals surface area (Å²) in [6.45, 7) is 2.87. The van der Waals surface area contributed by atoms with Crippen LogP contribution in [0, 0.1) is 0 Å². The zero-order valence-corrected chi connectivity index (χ0v) is 16.5. The number of nitrogens with zero attached hydrogens (tertiary/aromatic N) is 1. The van der Waals surface area contributed by atoms with Crippen molar-refractivity contribution in [1.29, 1.82) is 0 Å². The van der Waals surface area contributed by atoms with E-state index >= 15 is 0 Å². The fourth-order valence-electron chi connectivity index (χ4n) is 3.29. The van der Waals surface area contributed by atoms with E-state index in [4.69, 9.17) is 0 Å². The fourth-order valence-corrected chi connectivity index (χ4v) is 3.29. The van der Waals surface area contributed by atoms with E-state index in [1.807, 2.05) is 30.3 Å². The highest BCUT2D eigenvalue weighted by Crippen LogP contribution is 2.15. The molecular formula is C22H26N4O3. The molecule has 7 nitrogen and oxygen atoms in total. The van der Waals surface area contributed by atoms with E-state index in [-0.39, 0.29) is 17.8 Å². The van der Waals surface area contributed by atoms with E-state index in [1.54, 1.807) is 29.2 Å². The molecule has 4 amide bonds. The van der Waals surface area contributed by atoms with Gasteiger partial charge in [-0.15, -0.1) is 0 Å². The van der Waals surface area contributed by atoms with Crippen molar-refractivity contribution in [1.82, 2.24) is 10.2 Å². The SMILES string of the molecule is CC(=O)Nc1ccc(NC(=O)[C@@H](Cc2ccccc2)NC(=O)N2CCCC2)cc1. The van der Waals surface area contributed by atoms with Crippen LogP contribution in [0.2, 0.25) is 0 Å². The monoisotopic (exact) mass is 394 g/mol. The van der Waals surface area contributed by atoms with Crippen molar-refractivity contribution >= 4 is 29.2 Å². The van der Waals surface area contributed by atoms with Crippen molar-refractivity contribution in [2.75, 3.05) is 23.7 Å². The predicted octanol–water partition coefficient (Wildman–Crippen LogP) is 3.00. The van der Waals surface area contributed by atoms with Crippen LogP contribution in [-0.4, -0.2) is 41.9 Å². The minimum Gasteiger partial charge on any atom is -0.326 e. The third kappa shape index (κ3) is 6.07. The van der Waals surface area contributed by atoms with Crippen LogP contribution in [0.25, 0.3) is 0 Å². The molecule has 0 aromatic heterocycles. The topological polar surface area (TPSA) is 90.5 Å². The molecular weight excluding hydrogens is 368 g/mol. The van der Waals surface area contributed by atoms with Gasteiger partial charge in [0.05, 0.1) is 0 Å². The number of anilines is 2. The summed E-state index contributed by atoms with van der Waals surface area (Å²) in [5.41, 5.74) is 2.21. The number of hydrogen-bond acceptors (Lipinski definition) is 3. The van der Waals surface area contributed by atoms with Crippen molar-refractivity contribution < 1.29 is 14.4 Å². The number of nitrogens with one attached hydrogen (secondary N) is 3. The van der Waals surface area contributed by atoms with Gasteiger partial charge in [-0.3, -0.25) is 9.59 Å². The number of amides is 4. The Labute approximate surface area is 170 Å². The van der Waals surface area contributed by atoms with Gasteiger partial charge in [0.1, 0.15) is 6.04 Å². The Balaban J connectivity index is 1.68. The number of benzene rings is 2. The summed E-state index contributed by atoms with van der Waals surface area (Å²) < 4.78 is 0. The van der Waals surface area contributed by atoms with Gasteiger partial charge in [-0.2, -0.15) is 0 Å². The molecule has 0 spiro atoms. The van der Waals surface area contributed by atoms with Crippen LogP contribution >= 0.6 is 0 Å². The van der Waals surface area contributed by atoms with Crippen LogP contribution in [0.15, 0.2) is 54.6 Å². The van der Waals surface area contributed by atoms with Crippen LogP contribution in [-0.2, 0) is 16.0 Å². The van der Waals surface area contributed by atoms with Gasteiger partial charge in [-0.25, -0.2) is 4.79 Å². The van der Waals surface area contributed by atoms with Crippen LogP contribution in [0.5, 0.6) is 0 Å². The molecule has 152 valence electrons. The summed E-state index contributed by atoms with van der Waals surface area (Å²) in [5, 5.41) is 8.42. The lowest BCUT2D eigenvalue weighted by molar-refractivity contribution is -0.118. The number of rotatable bonds is 6. The molecule has 7 heteroatoms. The smallest absolute Gasteiger partial charge is 0.318 e. The first kappa shape index (κ1) is 20.4. The third-order valence-electron chi connectivity index (χ3n) is 4.76. The average Bonchev–Trinajstić information content (AvgIpc) is 3.24. The van der Waals surface area contributed by atoms with Crippen molar-refractivity contribution in [3.8, 4) is 0 Å². The molecule has 1 saturated heterocycles. The maximum Gasteiger partial charge on any atom is 0.318 e. The van der Waals surface area contributed by atoms with E-state index < -0.39 is 6.04 Å². The molecule has 0 saturated carbocycles. The van der Waals surface area contributed by atoms with E-state index in [0.717, 1.165) is 31.5 Å². The molecule has 0 unspecified atom stereocenters. The minimum absolute atomic E-state index is 0.158. The highest BCUT2D eigenvalue weighted by atomic mass is 16.2. The van der Waals surface area contributed by atoms with E-state index in [9.17, 15) is 14.4 Å². The normalized spacial score (nSPS) is 14.2. The Morgan fingerprint density at radius 1 is 0.897 bits per heavy atom. The Morgan fingerprint density at radius 2 is 1.48 bits per heavy atom. The zero-order valence-electron chi connectivity index (χ0n) is 16.5. The zero-order chi connectivity index (χ0) is 20.6. The van der Waals surface area contributed by atoms with Crippen molar-refractivity contribution in [2.24, 2.45) is 0 Å². The van der Waals surface area contributed by atoms with Crippen LogP contribution in [0.3, 0.4) is 0 Å². The molecule has 3 N–H and O–H groups in total. The van der Waals surface area contributed by atoms with Gasteiger partial charge >= 0.3 is 6.03 Å². The Bertz CT molecular complexity index is 846. The van der Waals surface area contributed by atoms with Crippen molar-refractivity contribution in [3.63, 3.8) is 0 Å². The maximum atomic E-state index is 12.9. The first-order chi connectivity index (χ1) is 14.0. The molecule has 29 heavy (non-hydrogen) atoms. The Kier molecular flexibility index (Phi) is 6.84. The third-order valence-corrected chi connectivity index (χ3v) is 4.76. The van der Waals surface area contributed by atoms with Gasteiger partial charge in [0, 0.05) is 37.8 Å². The summed E-state index contributed by atoms with van der Waals surface area (Å²) in [5.74, 6) is -0.442. The van der Waals surface area contributed by atoms with Crippen LogP contribution < -0.4 is 16.0 Å². The molecule has 0 bridgehead atoms. The molecule has 0 radical (unpaired) electrons. The molecule has 2 aromatic rings. The average molecular weight is 394 g/mol. The molecule has 1 heterocycles. The van der Waals surface area contributed by atoms with Gasteiger partial charge in [-0.1, -0.05) is 30.3 Å². The first-order valence-electron chi connectivity index (χ1n) is 9.79. The molecule has 1 fully saturated rings. The second-order valence-electron chi connectivity index (χ2n) is 7.13. The second kappa shape index (κ2) is 9.73. The summed E-state index contributed by atoms with van der Waals surface area (Å²) >= 11 is 0. The van der Waals surface area contributed by atoms with Crippen molar-refractivity contribution in [2.45, 2.75) is 32.2 Å².